The molecular formula is C26H36N6O2. The lowest BCUT2D eigenvalue weighted by molar-refractivity contribution is 0.0951. The molecule has 1 amide bonds. The van der Waals surface area contributed by atoms with Gasteiger partial charge >= 0.3 is 0 Å². The minimum absolute atomic E-state index is 0.0174. The number of amides is 1. The van der Waals surface area contributed by atoms with E-state index in [0.29, 0.717) is 6.54 Å². The van der Waals surface area contributed by atoms with E-state index in [2.05, 4.69) is 38.1 Å². The molecule has 3 aliphatic rings. The van der Waals surface area contributed by atoms with Gasteiger partial charge in [-0.3, -0.25) is 14.6 Å². The van der Waals surface area contributed by atoms with Gasteiger partial charge in [0.05, 0.1) is 5.69 Å². The number of aromatic amines is 1. The molecular weight excluding hydrogens is 428 g/mol. The van der Waals surface area contributed by atoms with Gasteiger partial charge in [0.15, 0.2) is 0 Å². The maximum atomic E-state index is 12.6. The van der Waals surface area contributed by atoms with Gasteiger partial charge in [-0.05, 0) is 70.3 Å². The molecule has 5 rings (SSSR count). The molecule has 1 saturated heterocycles. The van der Waals surface area contributed by atoms with E-state index in [0.717, 1.165) is 93.2 Å². The van der Waals surface area contributed by atoms with Crippen LogP contribution in [0.5, 0.6) is 0 Å². The van der Waals surface area contributed by atoms with Gasteiger partial charge in [0, 0.05) is 62.0 Å². The molecule has 0 saturated carbocycles. The monoisotopic (exact) mass is 464 g/mol. The third kappa shape index (κ3) is 4.19. The lowest BCUT2D eigenvalue weighted by Gasteiger charge is -2.40. The Morgan fingerprint density at radius 3 is 2.74 bits per heavy atom. The zero-order valence-corrected chi connectivity index (χ0v) is 20.6. The molecule has 34 heavy (non-hydrogen) atoms. The van der Waals surface area contributed by atoms with Gasteiger partial charge < -0.3 is 20.0 Å². The standard InChI is InChI=1S/C26H36N6O2/c1-30(2)15-12-27-23(33)18-8-9-20-22(16-18)31(3)17-26(20)10-13-32(14-11-26)25-28-21-7-5-4-6-19(21)24(34)29-25/h8-9,16H,4-7,10-15,17H2,1-3H3,(H,27,33)(H,28,29,34). The van der Waals surface area contributed by atoms with Gasteiger partial charge in [-0.2, -0.15) is 0 Å². The van der Waals surface area contributed by atoms with Gasteiger partial charge in [0.25, 0.3) is 11.5 Å². The minimum Gasteiger partial charge on any atom is -0.373 e. The van der Waals surface area contributed by atoms with E-state index in [-0.39, 0.29) is 16.9 Å². The van der Waals surface area contributed by atoms with Gasteiger partial charge in [-0.15, -0.1) is 0 Å². The molecule has 2 N–H and O–H groups in total. The summed E-state index contributed by atoms with van der Waals surface area (Å²) in [5.41, 5.74) is 5.22. The van der Waals surface area contributed by atoms with Crippen LogP contribution >= 0.6 is 0 Å². The van der Waals surface area contributed by atoms with Crippen LogP contribution in [0.15, 0.2) is 23.0 Å². The van der Waals surface area contributed by atoms with E-state index in [1.54, 1.807) is 0 Å². The third-order valence-corrected chi connectivity index (χ3v) is 7.83. The summed E-state index contributed by atoms with van der Waals surface area (Å²) >= 11 is 0. The second kappa shape index (κ2) is 9.06. The molecule has 0 bridgehead atoms. The number of carbonyl (C=O) groups is 1. The molecule has 8 nitrogen and oxygen atoms in total. The highest BCUT2D eigenvalue weighted by Gasteiger charge is 2.44. The van der Waals surface area contributed by atoms with E-state index in [4.69, 9.17) is 4.98 Å². The van der Waals surface area contributed by atoms with E-state index in [9.17, 15) is 9.59 Å². The number of nitrogens with zero attached hydrogens (tertiary/aromatic N) is 4. The fraction of sp³-hybridized carbons (Fsp3) is 0.577. The van der Waals surface area contributed by atoms with Crippen molar-refractivity contribution >= 4 is 17.5 Å². The van der Waals surface area contributed by atoms with Crippen molar-refractivity contribution in [1.29, 1.82) is 0 Å². The maximum Gasteiger partial charge on any atom is 0.255 e. The van der Waals surface area contributed by atoms with Crippen molar-refractivity contribution in [1.82, 2.24) is 20.2 Å². The molecule has 2 aromatic rings. The fourth-order valence-electron chi connectivity index (χ4n) is 5.87. The summed E-state index contributed by atoms with van der Waals surface area (Å²) in [6, 6.07) is 6.18. The predicted molar refractivity (Wildman–Crippen MR) is 135 cm³/mol. The van der Waals surface area contributed by atoms with Gasteiger partial charge in [-0.25, -0.2) is 4.98 Å². The van der Waals surface area contributed by atoms with Crippen LogP contribution in [0.4, 0.5) is 11.6 Å². The number of likely N-dealkylation sites (N-methyl/N-ethyl adjacent to an activating group) is 2. The number of rotatable bonds is 5. The third-order valence-electron chi connectivity index (χ3n) is 7.83. The normalized spacial score (nSPS) is 18.8. The lowest BCUT2D eigenvalue weighted by atomic mass is 9.74. The summed E-state index contributed by atoms with van der Waals surface area (Å²) in [7, 11) is 6.12. The van der Waals surface area contributed by atoms with Gasteiger partial charge in [0.1, 0.15) is 0 Å². The smallest absolute Gasteiger partial charge is 0.255 e. The van der Waals surface area contributed by atoms with Crippen molar-refractivity contribution in [2.75, 3.05) is 63.7 Å². The predicted octanol–water partition coefficient (Wildman–Crippen LogP) is 1.93. The van der Waals surface area contributed by atoms with Crippen molar-refractivity contribution in [3.63, 3.8) is 0 Å². The topological polar surface area (TPSA) is 84.6 Å². The molecule has 1 spiro atoms. The number of carbonyl (C=O) groups excluding carboxylic acids is 1. The van der Waals surface area contributed by atoms with E-state index in [1.165, 1.54) is 5.56 Å². The van der Waals surface area contributed by atoms with Gasteiger partial charge in [-0.1, -0.05) is 6.07 Å². The molecule has 0 atom stereocenters. The van der Waals surface area contributed by atoms with E-state index < -0.39 is 0 Å². The first kappa shape index (κ1) is 22.9. The number of hydrogen-bond donors (Lipinski definition) is 2. The van der Waals surface area contributed by atoms with Crippen molar-refractivity contribution in [3.05, 3.63) is 50.9 Å². The molecule has 8 heteroatoms. The summed E-state index contributed by atoms with van der Waals surface area (Å²) in [5, 5.41) is 3.02. The highest BCUT2D eigenvalue weighted by Crippen LogP contribution is 2.47. The Labute approximate surface area is 201 Å². The first-order chi connectivity index (χ1) is 16.4. The number of hydrogen-bond acceptors (Lipinski definition) is 6. The highest BCUT2D eigenvalue weighted by atomic mass is 16.1. The number of piperidine rings is 1. The minimum atomic E-state index is -0.0174. The molecule has 1 aromatic carbocycles. The second-order valence-electron chi connectivity index (χ2n) is 10.4. The molecule has 1 fully saturated rings. The molecule has 1 aromatic heterocycles. The van der Waals surface area contributed by atoms with Crippen LogP contribution < -0.4 is 20.7 Å². The molecule has 0 radical (unpaired) electrons. The summed E-state index contributed by atoms with van der Waals surface area (Å²) in [5.74, 6) is 0.716. The zero-order valence-electron chi connectivity index (χ0n) is 20.6. The van der Waals surface area contributed by atoms with E-state index >= 15 is 0 Å². The number of H-pyrrole nitrogens is 1. The Morgan fingerprint density at radius 1 is 1.21 bits per heavy atom. The number of aromatic nitrogens is 2. The summed E-state index contributed by atoms with van der Waals surface area (Å²) in [6.45, 7) is 4.14. The Bertz CT molecular complexity index is 1130. The number of fused-ring (bicyclic) bond motifs is 3. The Hall–Kier alpha value is -2.87. The van der Waals surface area contributed by atoms with Crippen LogP contribution in [0.2, 0.25) is 0 Å². The Morgan fingerprint density at radius 2 is 1.97 bits per heavy atom. The average Bonchev–Trinajstić information content (AvgIpc) is 3.09. The number of benzene rings is 1. The van der Waals surface area contributed by atoms with Crippen LogP contribution in [0.25, 0.3) is 0 Å². The van der Waals surface area contributed by atoms with Crippen LogP contribution in [-0.2, 0) is 18.3 Å². The maximum absolute atomic E-state index is 12.6. The fourth-order valence-corrected chi connectivity index (χ4v) is 5.87. The Kier molecular flexibility index (Phi) is 6.10. The molecule has 1 aliphatic carbocycles. The summed E-state index contributed by atoms with van der Waals surface area (Å²) in [4.78, 5) is 39.7. The van der Waals surface area contributed by atoms with Crippen LogP contribution in [0.1, 0.15) is 52.9 Å². The van der Waals surface area contributed by atoms with Crippen molar-refractivity contribution in [2.24, 2.45) is 0 Å². The molecule has 182 valence electrons. The number of anilines is 2. The highest BCUT2D eigenvalue weighted by molar-refractivity contribution is 5.95. The van der Waals surface area contributed by atoms with Gasteiger partial charge in [0.2, 0.25) is 5.95 Å². The number of aryl methyl sites for hydroxylation is 1. The first-order valence-electron chi connectivity index (χ1n) is 12.5. The second-order valence-corrected chi connectivity index (χ2v) is 10.4. The number of nitrogens with one attached hydrogen (secondary N) is 2. The first-order valence-corrected chi connectivity index (χ1v) is 12.5. The zero-order chi connectivity index (χ0) is 23.9. The van der Waals surface area contributed by atoms with Crippen LogP contribution in [-0.4, -0.2) is 74.6 Å². The van der Waals surface area contributed by atoms with Crippen LogP contribution in [0, 0.1) is 0 Å². The van der Waals surface area contributed by atoms with Crippen LogP contribution in [0.3, 0.4) is 0 Å². The van der Waals surface area contributed by atoms with Crippen molar-refractivity contribution in [2.45, 2.75) is 43.9 Å². The Balaban J connectivity index is 1.30. The van der Waals surface area contributed by atoms with Crippen molar-refractivity contribution in [3.8, 4) is 0 Å². The molecule has 2 aliphatic heterocycles. The summed E-state index contributed by atoms with van der Waals surface area (Å²) in [6.07, 6.45) is 5.95. The SMILES string of the molecule is CN(C)CCNC(=O)c1ccc2c(c1)N(C)CC21CCN(c2nc3c(c(=O)[nH]2)CCCC3)CC1. The quantitative estimate of drug-likeness (QED) is 0.704. The lowest BCUT2D eigenvalue weighted by Crippen LogP contribution is -2.46. The molecule has 0 unspecified atom stereocenters. The largest absolute Gasteiger partial charge is 0.373 e. The summed E-state index contributed by atoms with van der Waals surface area (Å²) < 4.78 is 0. The van der Waals surface area contributed by atoms with Crippen molar-refractivity contribution < 1.29 is 4.79 Å². The average molecular weight is 465 g/mol. The van der Waals surface area contributed by atoms with E-state index in [1.807, 2.05) is 26.2 Å². The molecule has 3 heterocycles.